The number of thiophene rings is 1. The van der Waals surface area contributed by atoms with E-state index in [9.17, 15) is 14.4 Å². The van der Waals surface area contributed by atoms with Gasteiger partial charge in [0.05, 0.1) is 4.88 Å². The largest absolute Gasteiger partial charge is 0.339 e. The van der Waals surface area contributed by atoms with Gasteiger partial charge in [-0.25, -0.2) is 0 Å². The number of carbonyl (C=O) groups excluding carboxylic acids is 3. The van der Waals surface area contributed by atoms with Crippen LogP contribution in [-0.4, -0.2) is 23.8 Å². The molecule has 4 bridgehead atoms. The molecule has 0 spiro atoms. The molecule has 0 radical (unpaired) electrons. The minimum Gasteiger partial charge on any atom is -0.339 e. The summed E-state index contributed by atoms with van der Waals surface area (Å²) < 4.78 is 0. The van der Waals surface area contributed by atoms with E-state index in [4.69, 9.17) is 0 Å². The van der Waals surface area contributed by atoms with Crippen LogP contribution in [0.1, 0.15) is 68.5 Å². The van der Waals surface area contributed by atoms with Gasteiger partial charge < -0.3 is 5.32 Å². The smallest absolute Gasteiger partial charge is 0.262 e. The Balaban J connectivity index is 1.29. The van der Waals surface area contributed by atoms with Crippen molar-refractivity contribution in [2.45, 2.75) is 64.8 Å². The van der Waals surface area contributed by atoms with Crippen molar-refractivity contribution in [1.29, 1.82) is 0 Å². The zero-order valence-electron chi connectivity index (χ0n) is 17.2. The second-order valence-electron chi connectivity index (χ2n) is 9.80. The molecular weight excluding hydrogens is 386 g/mol. The van der Waals surface area contributed by atoms with Crippen molar-refractivity contribution < 1.29 is 14.4 Å². The average Bonchev–Trinajstić information content (AvgIpc) is 3.17. The summed E-state index contributed by atoms with van der Waals surface area (Å²) in [5.41, 5.74) is 5.29. The van der Waals surface area contributed by atoms with E-state index in [0.29, 0.717) is 11.3 Å². The van der Waals surface area contributed by atoms with Crippen LogP contribution in [0.5, 0.6) is 0 Å². The van der Waals surface area contributed by atoms with Crippen LogP contribution in [-0.2, 0) is 9.59 Å². The molecule has 0 saturated heterocycles. The highest BCUT2D eigenvalue weighted by Crippen LogP contribution is 2.61. The lowest BCUT2D eigenvalue weighted by Crippen LogP contribution is -2.55. The molecule has 1 unspecified atom stereocenters. The molecule has 4 saturated carbocycles. The molecular formula is C22H31N3O3S. The first-order valence-corrected chi connectivity index (χ1v) is 11.6. The summed E-state index contributed by atoms with van der Waals surface area (Å²) in [7, 11) is 0. The van der Waals surface area contributed by atoms with E-state index in [1.165, 1.54) is 30.6 Å². The first-order chi connectivity index (χ1) is 13.8. The maximum atomic E-state index is 12.6. The van der Waals surface area contributed by atoms with Crippen molar-refractivity contribution in [2.75, 3.05) is 0 Å². The molecule has 4 aliphatic rings. The highest BCUT2D eigenvalue weighted by atomic mass is 32.1. The summed E-state index contributed by atoms with van der Waals surface area (Å²) in [6, 6.07) is 2.82. The number of hydrogen-bond donors (Lipinski definition) is 3. The maximum Gasteiger partial charge on any atom is 0.262 e. The van der Waals surface area contributed by atoms with E-state index in [2.05, 4.69) is 16.2 Å². The van der Waals surface area contributed by atoms with Crippen LogP contribution in [0.15, 0.2) is 17.5 Å². The lowest BCUT2D eigenvalue weighted by Gasteiger charge is -2.56. The summed E-state index contributed by atoms with van der Waals surface area (Å²) in [6.07, 6.45) is 8.00. The van der Waals surface area contributed by atoms with Crippen molar-refractivity contribution in [3.8, 4) is 0 Å². The van der Waals surface area contributed by atoms with Crippen LogP contribution in [0.3, 0.4) is 0 Å². The van der Waals surface area contributed by atoms with Crippen LogP contribution < -0.4 is 16.2 Å². The third-order valence-corrected chi connectivity index (χ3v) is 7.88. The Hall–Kier alpha value is -1.89. The molecule has 4 fully saturated rings. The average molecular weight is 418 g/mol. The summed E-state index contributed by atoms with van der Waals surface area (Å²) in [5, 5.41) is 4.60. The van der Waals surface area contributed by atoms with Crippen molar-refractivity contribution in [1.82, 2.24) is 16.2 Å². The molecule has 158 valence electrons. The van der Waals surface area contributed by atoms with Gasteiger partial charge in [0, 0.05) is 6.42 Å². The second-order valence-corrected chi connectivity index (χ2v) is 10.8. The maximum absolute atomic E-state index is 12.6. The quantitative estimate of drug-likeness (QED) is 0.621. The van der Waals surface area contributed by atoms with E-state index >= 15 is 0 Å². The molecule has 7 heteroatoms. The van der Waals surface area contributed by atoms with Gasteiger partial charge in [-0.15, -0.1) is 11.3 Å². The Morgan fingerprint density at radius 1 is 1.07 bits per heavy atom. The summed E-state index contributed by atoms with van der Waals surface area (Å²) in [6.45, 7) is 3.74. The van der Waals surface area contributed by atoms with Gasteiger partial charge in [-0.2, -0.15) is 0 Å². The molecule has 0 aliphatic heterocycles. The van der Waals surface area contributed by atoms with Gasteiger partial charge in [0.15, 0.2) is 0 Å². The molecule has 29 heavy (non-hydrogen) atoms. The van der Waals surface area contributed by atoms with Crippen LogP contribution in [0.4, 0.5) is 0 Å². The van der Waals surface area contributed by atoms with E-state index in [1.807, 2.05) is 19.2 Å². The Labute approximate surface area is 176 Å². The third kappa shape index (κ3) is 4.49. The molecule has 3 N–H and O–H groups in total. The second kappa shape index (κ2) is 8.09. The molecule has 1 aromatic heterocycles. The highest BCUT2D eigenvalue weighted by Gasteiger charge is 2.51. The molecule has 3 amide bonds. The molecule has 5 rings (SSSR count). The first-order valence-electron chi connectivity index (χ1n) is 10.8. The third-order valence-electron chi connectivity index (χ3n) is 7.01. The molecule has 1 atom stereocenters. The van der Waals surface area contributed by atoms with Gasteiger partial charge in [0.25, 0.3) is 11.8 Å². The van der Waals surface area contributed by atoms with Gasteiger partial charge in [-0.3, -0.25) is 25.2 Å². The minimum atomic E-state index is -0.704. The van der Waals surface area contributed by atoms with Crippen LogP contribution >= 0.6 is 11.3 Å². The van der Waals surface area contributed by atoms with Gasteiger partial charge in [-0.05, 0) is 79.1 Å². The lowest BCUT2D eigenvalue weighted by atomic mass is 9.49. The molecule has 4 aliphatic carbocycles. The number of nitrogens with one attached hydrogen (secondary N) is 3. The van der Waals surface area contributed by atoms with E-state index in [0.717, 1.165) is 37.0 Å². The van der Waals surface area contributed by atoms with Gasteiger partial charge in [0.1, 0.15) is 6.04 Å². The minimum absolute atomic E-state index is 0.0982. The predicted molar refractivity (Wildman–Crippen MR) is 112 cm³/mol. The Morgan fingerprint density at radius 2 is 1.69 bits per heavy atom. The topological polar surface area (TPSA) is 87.3 Å². The zero-order valence-corrected chi connectivity index (χ0v) is 18.0. The van der Waals surface area contributed by atoms with E-state index in [-0.39, 0.29) is 29.1 Å². The van der Waals surface area contributed by atoms with Gasteiger partial charge >= 0.3 is 0 Å². The van der Waals surface area contributed by atoms with Crippen LogP contribution in [0, 0.1) is 29.1 Å². The van der Waals surface area contributed by atoms with E-state index in [1.54, 1.807) is 12.1 Å². The van der Waals surface area contributed by atoms with Crippen molar-refractivity contribution >= 4 is 29.1 Å². The number of hydrazine groups is 1. The fraction of sp³-hybridized carbons (Fsp3) is 0.682. The summed E-state index contributed by atoms with van der Waals surface area (Å²) in [5.74, 6) is 1.51. The van der Waals surface area contributed by atoms with Gasteiger partial charge in [-0.1, -0.05) is 19.9 Å². The standard InChI is InChI=1S/C22H31N3O3S/c1-13(2)19(23-20(27)17-4-3-5-29-17)21(28)25-24-18(26)12-22-9-14-6-15(10-22)8-16(7-14)11-22/h3-5,13-16,19H,6-12H2,1-2H3,(H,23,27)(H,24,26)(H,25,28). The first kappa shape index (κ1) is 20.4. The van der Waals surface area contributed by atoms with Crippen LogP contribution in [0.25, 0.3) is 0 Å². The van der Waals surface area contributed by atoms with E-state index < -0.39 is 6.04 Å². The number of hydrogen-bond acceptors (Lipinski definition) is 4. The Kier molecular flexibility index (Phi) is 5.69. The SMILES string of the molecule is CC(C)C(NC(=O)c1cccs1)C(=O)NNC(=O)CC12CC3CC(CC(C3)C1)C2. The van der Waals surface area contributed by atoms with Crippen molar-refractivity contribution in [3.63, 3.8) is 0 Å². The Bertz CT molecular complexity index is 739. The molecule has 1 heterocycles. The fourth-order valence-electron chi connectivity index (χ4n) is 6.26. The molecule has 0 aromatic carbocycles. The molecule has 6 nitrogen and oxygen atoms in total. The number of rotatable bonds is 6. The lowest BCUT2D eigenvalue weighted by molar-refractivity contribution is -0.135. The zero-order chi connectivity index (χ0) is 20.6. The predicted octanol–water partition coefficient (Wildman–Crippen LogP) is 3.26. The van der Waals surface area contributed by atoms with Crippen molar-refractivity contribution in [2.24, 2.45) is 29.1 Å². The summed E-state index contributed by atoms with van der Waals surface area (Å²) >= 11 is 1.33. The van der Waals surface area contributed by atoms with Crippen LogP contribution in [0.2, 0.25) is 0 Å². The van der Waals surface area contributed by atoms with Crippen molar-refractivity contribution in [3.05, 3.63) is 22.4 Å². The number of amides is 3. The normalized spacial score (nSPS) is 30.8. The monoisotopic (exact) mass is 417 g/mol. The summed E-state index contributed by atoms with van der Waals surface area (Å²) in [4.78, 5) is 38.1. The number of carbonyl (C=O) groups is 3. The Morgan fingerprint density at radius 3 is 2.21 bits per heavy atom. The highest BCUT2D eigenvalue weighted by molar-refractivity contribution is 7.12. The van der Waals surface area contributed by atoms with Gasteiger partial charge in [0.2, 0.25) is 5.91 Å². The fourth-order valence-corrected chi connectivity index (χ4v) is 6.88. The molecule has 1 aromatic rings.